The Bertz CT molecular complexity index is 6280. The van der Waals surface area contributed by atoms with Crippen LogP contribution in [0.25, 0.3) is 33.5 Å². The maximum Gasteiger partial charge on any atom is 0.386 e. The number of hydrogen-bond donors (Lipinski definition) is 10. The number of carbonyl (C=O) groups excluding carboxylic acids is 3. The van der Waals surface area contributed by atoms with Gasteiger partial charge in [0.05, 0.1) is 81.2 Å². The average Bonchev–Trinajstić information content (AvgIpc) is 1.60. The van der Waals surface area contributed by atoms with Crippen molar-refractivity contribution in [2.24, 2.45) is 15.0 Å². The molecule has 12 N–H and O–H groups in total. The number of imidazole rings is 2. The van der Waals surface area contributed by atoms with E-state index in [1.54, 1.807) is 9.13 Å². The molecule has 66 heteroatoms. The number of halogens is 4. The minimum Gasteiger partial charge on any atom is -0.382 e. The Hall–Kier alpha value is -6.73. The standard InChI is InChI=1S/2C22H24FN7O9P2S2.C21H22F2N8O10P2S2/c2*23-15-17-14(37-22(15)29-4-2-11-12(31)1-3-25-19(11)29)7-35-40(32,42)38-13-5-10(6-34-41(33,43)39-17)36-21(13)30-9-28-16-18(24)26-8-27-20(16)30;22-11-9-5-36-42(34,44)40-14-10(39-19(12(14)23)30-4-2-7-8(32)1-3-25-16(7)30)6-37-43(35,45)41-15(11)20(38-9)31-17-13(28-29-31)18(33)27-21(24)26-17/h2*2-4,8-10,13-15,17,21-22H,1,5-7H2,(H,32,42)(H,33,43)(H2,24,26,27);2-4,9-12,14-15,19-20H,1,5-6H2,(H,34,44)(H,35,45)(H3,24,26,27,33)/t2*10-,13+,14+,15-,17+,21+,22+,40?,41?;9-,10-,11+,12+,14-,15-,19-,20-,42?,43?/m001/s1. The van der Waals surface area contributed by atoms with Crippen LogP contribution in [0.4, 0.5) is 52.6 Å². The number of ketones is 3. The van der Waals surface area contributed by atoms with Crippen LogP contribution in [0.5, 0.6) is 0 Å². The molecule has 702 valence electrons. The van der Waals surface area contributed by atoms with E-state index in [4.69, 9.17) is 159 Å². The molecular formula is C65H70F4N22O28P6S6. The predicted octanol–water partition coefficient (Wildman–Crippen LogP) is 5.38. The van der Waals surface area contributed by atoms with Gasteiger partial charge in [0.1, 0.15) is 102 Å². The number of carbonyl (C=O) groups is 3. The van der Waals surface area contributed by atoms with Gasteiger partial charge in [0, 0.05) is 69.3 Å². The van der Waals surface area contributed by atoms with E-state index in [1.165, 1.54) is 94.4 Å². The van der Waals surface area contributed by atoms with Gasteiger partial charge in [-0.2, -0.15) is 9.67 Å². The molecule has 9 saturated heterocycles. The first-order valence-electron chi connectivity index (χ1n) is 39.0. The van der Waals surface area contributed by atoms with E-state index in [9.17, 15) is 48.2 Å². The molecule has 9 fully saturated rings. The van der Waals surface area contributed by atoms with Gasteiger partial charge < -0.3 is 115 Å². The maximum absolute atomic E-state index is 16.0. The third-order valence-electron chi connectivity index (χ3n) is 22.1. The highest BCUT2D eigenvalue weighted by molar-refractivity contribution is 8.44. The van der Waals surface area contributed by atoms with Crippen molar-refractivity contribution in [2.75, 3.05) is 56.8 Å². The van der Waals surface area contributed by atoms with Crippen LogP contribution in [0, 0.1) is 0 Å². The number of rotatable bonds is 6. The third-order valence-corrected chi connectivity index (χ3v) is 31.6. The van der Waals surface area contributed by atoms with Crippen molar-refractivity contribution in [3.05, 3.63) is 89.1 Å². The normalized spacial score (nSPS) is 38.5. The number of aromatic nitrogens is 16. The summed E-state index contributed by atoms with van der Waals surface area (Å²) in [7, 11) is 0. The van der Waals surface area contributed by atoms with Gasteiger partial charge in [-0.1, -0.05) is 17.5 Å². The first-order chi connectivity index (χ1) is 62.3. The summed E-state index contributed by atoms with van der Waals surface area (Å²) in [6.45, 7) is -28.0. The number of aromatic amines is 1. The summed E-state index contributed by atoms with van der Waals surface area (Å²) in [4.78, 5) is 148. The fraction of sp³-hybridized carbons (Fsp3) is 0.508. The number of nitrogens with two attached hydrogens (primary N) is 3. The molecule has 0 radical (unpaired) electrons. The van der Waals surface area contributed by atoms with Crippen LogP contribution in [0.15, 0.2) is 81.9 Å². The number of anilines is 3. The summed E-state index contributed by atoms with van der Waals surface area (Å²) in [6.07, 6.45) is -16.0. The SMILES string of the molecule is Nc1nc2c(nnn2[C@@H]2O[C@@H]3COP(O)(=S)O[C@H]4[C@H](F)[C@H](n5ccc6c5N=CCC6=O)O[C@@H]4COP(=O)(S)O[C@@H]2[C@H]3F)c(=O)[nH]1.Nc1ncnc2c1ncn2[C@@H]1O[C@@H]2COP(O)(=S)O[C@H]3[C@H](F)[C@H](n4ccc5c4N=CCC5=O)O[C@@H]3COP(O)(=S)O[C@@H]1C2.Nc1ncnc2c1ncn2[C@@H]1O[C@@H]2COP(O)(=S)O[C@H]3[C@H](F)[C@H](n4ccc5c4N=CCC5=O)O[C@@H]3COP(O)(=S)O[C@@H]1C2. The van der Waals surface area contributed by atoms with Crippen molar-refractivity contribution in [3.63, 3.8) is 0 Å². The highest BCUT2D eigenvalue weighted by atomic mass is 32.7. The molecule has 9 aromatic rings. The monoisotopic (exact) mass is 2060 g/mol. The van der Waals surface area contributed by atoms with E-state index in [2.05, 4.69) is 77.4 Å². The van der Waals surface area contributed by atoms with Crippen molar-refractivity contribution in [3.8, 4) is 0 Å². The zero-order chi connectivity index (χ0) is 92.0. The van der Waals surface area contributed by atoms with Gasteiger partial charge in [-0.15, -0.1) is 5.10 Å². The van der Waals surface area contributed by atoms with Crippen LogP contribution in [0.3, 0.4) is 0 Å². The second kappa shape index (κ2) is 36.3. The fourth-order valence-electron chi connectivity index (χ4n) is 16.3. The lowest BCUT2D eigenvalue weighted by Gasteiger charge is -2.27. The lowest BCUT2D eigenvalue weighted by atomic mass is 10.1. The summed E-state index contributed by atoms with van der Waals surface area (Å²) >= 11 is 30.1. The van der Waals surface area contributed by atoms with Crippen LogP contribution in [-0.4, -0.2) is 276 Å². The van der Waals surface area contributed by atoms with E-state index >= 15 is 17.6 Å². The van der Waals surface area contributed by atoms with Gasteiger partial charge in [-0.25, -0.2) is 67.0 Å². The number of alkyl halides is 4. The number of aliphatic imine (C=N–C) groups is 3. The van der Waals surface area contributed by atoms with Gasteiger partial charge in [0.2, 0.25) is 5.95 Å². The first kappa shape index (κ1) is 93.3. The average molecular weight is 2060 g/mol. The predicted molar refractivity (Wildman–Crippen MR) is 461 cm³/mol. The number of nitrogens with one attached hydrogen (secondary N) is 1. The van der Waals surface area contributed by atoms with Gasteiger partial charge >= 0.3 is 40.4 Å². The summed E-state index contributed by atoms with van der Waals surface area (Å²) in [5.74, 6) is 0.00488. The van der Waals surface area contributed by atoms with Crippen molar-refractivity contribution in [2.45, 2.75) is 167 Å². The number of nitrogen functional groups attached to an aromatic ring is 3. The Labute approximate surface area is 761 Å². The molecule has 28 atom stereocenters. The van der Waals surface area contributed by atoms with E-state index in [1.807, 2.05) is 0 Å². The largest absolute Gasteiger partial charge is 0.386 e. The van der Waals surface area contributed by atoms with E-state index in [0.717, 1.165) is 4.68 Å². The molecule has 0 amide bonds. The number of ether oxygens (including phenoxy) is 6. The number of Topliss-reactive ketones (excluding diaryl/α,β-unsaturated/α-hetero) is 3. The quantitative estimate of drug-likeness (QED) is 0.0567. The molecule has 12 aliphatic heterocycles. The van der Waals surface area contributed by atoms with Crippen LogP contribution < -0.4 is 22.8 Å². The Morgan fingerprint density at radius 2 is 0.809 bits per heavy atom. The summed E-state index contributed by atoms with van der Waals surface area (Å²) in [6, 6.07) is 4.50. The Balaban J connectivity index is 0.000000127. The van der Waals surface area contributed by atoms with Gasteiger partial charge in [0.15, 0.2) is 113 Å². The first-order valence-corrected chi connectivity index (χ1v) is 54.7. The number of H-pyrrole nitrogens is 1. The molecule has 6 bridgehead atoms. The lowest BCUT2D eigenvalue weighted by Crippen LogP contribution is -2.34. The van der Waals surface area contributed by atoms with Gasteiger partial charge in [0.25, 0.3) is 5.56 Å². The molecule has 0 aliphatic carbocycles. The van der Waals surface area contributed by atoms with E-state index < -0.39 is 208 Å². The number of hydrogen-bond acceptors (Lipinski definition) is 43. The van der Waals surface area contributed by atoms with Gasteiger partial charge in [-0.3, -0.25) is 55.9 Å². The smallest absolute Gasteiger partial charge is 0.382 e. The highest BCUT2D eigenvalue weighted by Crippen LogP contribution is 2.62. The van der Waals surface area contributed by atoms with Crippen molar-refractivity contribution in [1.82, 2.24) is 77.7 Å². The summed E-state index contributed by atoms with van der Waals surface area (Å²) in [5, 5.41) is 7.53. The Morgan fingerprint density at radius 3 is 1.23 bits per heavy atom. The molecule has 0 saturated carbocycles. The van der Waals surface area contributed by atoms with E-state index in [0.29, 0.717) is 33.5 Å². The Kier molecular flexibility index (Phi) is 25.9. The molecule has 9 aromatic heterocycles. The third kappa shape index (κ3) is 18.7. The zero-order valence-corrected chi connectivity index (χ0v) is 76.4. The minimum atomic E-state index is -4.52. The molecule has 131 heavy (non-hydrogen) atoms. The molecule has 50 nitrogen and oxygen atoms in total. The molecular weight excluding hydrogens is 1990 g/mol. The summed E-state index contributed by atoms with van der Waals surface area (Å²) in [5.41, 5.74) is 18.5. The van der Waals surface area contributed by atoms with Gasteiger partial charge in [-0.05, 0) is 77.2 Å². The molecule has 6 unspecified atom stereocenters. The minimum absolute atomic E-state index is 0.0775. The topological polar surface area (TPSA) is 629 Å². The van der Waals surface area contributed by atoms with Crippen LogP contribution >= 0.6 is 52.6 Å². The molecule has 0 spiro atoms. The lowest BCUT2D eigenvalue weighted by molar-refractivity contribution is -0.0621. The number of thiol groups is 1. The number of fused-ring (bicyclic) bond motifs is 15. The number of nitrogens with zero attached hydrogens (tertiary/aromatic N) is 18. The molecule has 21 heterocycles. The van der Waals surface area contributed by atoms with Crippen LogP contribution in [-0.2, 0) is 146 Å². The fourth-order valence-corrected chi connectivity index (χ4v) is 25.0. The molecule has 0 aromatic carbocycles. The molecule has 21 rings (SSSR count). The van der Waals surface area contributed by atoms with Crippen molar-refractivity contribution in [1.29, 1.82) is 0 Å². The molecule has 12 aliphatic rings. The maximum atomic E-state index is 16.0. The van der Waals surface area contributed by atoms with Crippen molar-refractivity contribution < 1.29 is 144 Å². The van der Waals surface area contributed by atoms with Crippen LogP contribution in [0.1, 0.15) is 101 Å². The zero-order valence-electron chi connectivity index (χ0n) is 66.1. The van der Waals surface area contributed by atoms with Crippen LogP contribution in [0.2, 0.25) is 0 Å². The second-order valence-electron chi connectivity index (χ2n) is 30.5. The summed E-state index contributed by atoms with van der Waals surface area (Å²) < 4.78 is 188. The highest BCUT2D eigenvalue weighted by Gasteiger charge is 2.58. The Morgan fingerprint density at radius 1 is 0.427 bits per heavy atom. The second-order valence-corrected chi connectivity index (χ2v) is 47.3. The van der Waals surface area contributed by atoms with E-state index in [-0.39, 0.29) is 114 Å². The van der Waals surface area contributed by atoms with Crippen molar-refractivity contribution >= 4 is 216 Å².